The number of nitrogens with zero attached hydrogens (tertiary/aromatic N) is 3. The normalized spacial score (nSPS) is 11.0. The van der Waals surface area contributed by atoms with Crippen LogP contribution < -0.4 is 0 Å². The van der Waals surface area contributed by atoms with E-state index in [0.717, 1.165) is 28.1 Å². The Hall–Kier alpha value is -0.680. The average Bonchev–Trinajstić information content (AvgIpc) is 2.72. The molecule has 0 radical (unpaired) electrons. The standard InChI is InChI=1S/C11H14BrN3S/c1-4-8-5-9(15(3)14-8)6-10-11(12)13-7(2)16-10/h5H,4,6H2,1-3H3. The molecule has 2 aromatic heterocycles. The van der Waals surface area contributed by atoms with Gasteiger partial charge < -0.3 is 0 Å². The van der Waals surface area contributed by atoms with Gasteiger partial charge in [-0.2, -0.15) is 5.10 Å². The van der Waals surface area contributed by atoms with Gasteiger partial charge in [0, 0.05) is 24.0 Å². The first-order chi connectivity index (χ1) is 7.60. The minimum Gasteiger partial charge on any atom is -0.272 e. The van der Waals surface area contributed by atoms with Gasteiger partial charge in [-0.3, -0.25) is 4.68 Å². The molecule has 0 N–H and O–H groups in total. The van der Waals surface area contributed by atoms with Gasteiger partial charge in [-0.05, 0) is 35.3 Å². The van der Waals surface area contributed by atoms with Gasteiger partial charge in [-0.15, -0.1) is 11.3 Å². The molecule has 0 saturated carbocycles. The van der Waals surface area contributed by atoms with Crippen LogP contribution in [-0.2, 0) is 19.9 Å². The Morgan fingerprint density at radius 2 is 2.25 bits per heavy atom. The van der Waals surface area contributed by atoms with Crippen LogP contribution >= 0.6 is 27.3 Å². The van der Waals surface area contributed by atoms with E-state index in [1.54, 1.807) is 11.3 Å². The number of thiazole rings is 1. The van der Waals surface area contributed by atoms with Crippen molar-refractivity contribution < 1.29 is 0 Å². The Bertz CT molecular complexity index is 501. The van der Waals surface area contributed by atoms with Crippen molar-refractivity contribution in [3.05, 3.63) is 31.9 Å². The summed E-state index contributed by atoms with van der Waals surface area (Å²) in [6.45, 7) is 4.15. The Morgan fingerprint density at radius 1 is 1.50 bits per heavy atom. The molecular weight excluding hydrogens is 286 g/mol. The largest absolute Gasteiger partial charge is 0.272 e. The van der Waals surface area contributed by atoms with Crippen molar-refractivity contribution in [2.75, 3.05) is 0 Å². The molecule has 0 aliphatic carbocycles. The van der Waals surface area contributed by atoms with Crippen molar-refractivity contribution in [1.82, 2.24) is 14.8 Å². The first-order valence-electron chi connectivity index (χ1n) is 5.23. The molecule has 0 aliphatic rings. The van der Waals surface area contributed by atoms with Crippen LogP contribution in [0.1, 0.15) is 28.2 Å². The topological polar surface area (TPSA) is 30.7 Å². The molecule has 0 aliphatic heterocycles. The Kier molecular flexibility index (Phi) is 3.44. The van der Waals surface area contributed by atoms with Gasteiger partial charge in [0.25, 0.3) is 0 Å². The highest BCUT2D eigenvalue weighted by Crippen LogP contribution is 2.25. The number of aromatic nitrogens is 3. The fourth-order valence-corrected chi connectivity index (χ4v) is 3.24. The van der Waals surface area contributed by atoms with Crippen LogP contribution in [0.25, 0.3) is 0 Å². The minimum absolute atomic E-state index is 0.898. The molecule has 5 heteroatoms. The predicted octanol–water partition coefficient (Wildman–Crippen LogP) is 3.10. The number of hydrogen-bond donors (Lipinski definition) is 0. The zero-order valence-corrected chi connectivity index (χ0v) is 12.0. The molecule has 0 fully saturated rings. The molecule has 0 saturated heterocycles. The van der Waals surface area contributed by atoms with Crippen LogP contribution in [0.4, 0.5) is 0 Å². The summed E-state index contributed by atoms with van der Waals surface area (Å²) in [5, 5.41) is 5.54. The van der Waals surface area contributed by atoms with Crippen LogP contribution in [0.2, 0.25) is 0 Å². The molecular formula is C11H14BrN3S. The molecule has 0 unspecified atom stereocenters. The predicted molar refractivity (Wildman–Crippen MR) is 69.9 cm³/mol. The maximum atomic E-state index is 4.45. The zero-order valence-electron chi connectivity index (χ0n) is 9.62. The zero-order chi connectivity index (χ0) is 11.7. The van der Waals surface area contributed by atoms with E-state index in [0.29, 0.717) is 0 Å². The molecule has 2 aromatic rings. The van der Waals surface area contributed by atoms with E-state index in [4.69, 9.17) is 0 Å². The highest BCUT2D eigenvalue weighted by Gasteiger charge is 2.10. The average molecular weight is 300 g/mol. The van der Waals surface area contributed by atoms with Crippen LogP contribution in [0.15, 0.2) is 10.7 Å². The molecule has 0 atom stereocenters. The number of hydrogen-bond acceptors (Lipinski definition) is 3. The Balaban J connectivity index is 2.26. The van der Waals surface area contributed by atoms with Gasteiger partial charge in [0.1, 0.15) is 4.60 Å². The molecule has 0 amide bonds. The van der Waals surface area contributed by atoms with E-state index in [9.17, 15) is 0 Å². The second-order valence-electron chi connectivity index (χ2n) is 3.73. The smallest absolute Gasteiger partial charge is 0.120 e. The second kappa shape index (κ2) is 4.67. The van der Waals surface area contributed by atoms with E-state index < -0.39 is 0 Å². The third kappa shape index (κ3) is 2.35. The van der Waals surface area contributed by atoms with E-state index >= 15 is 0 Å². The third-order valence-electron chi connectivity index (χ3n) is 2.49. The van der Waals surface area contributed by atoms with Crippen molar-refractivity contribution in [3.63, 3.8) is 0 Å². The molecule has 16 heavy (non-hydrogen) atoms. The highest BCUT2D eigenvalue weighted by molar-refractivity contribution is 9.10. The number of rotatable bonds is 3. The first-order valence-corrected chi connectivity index (χ1v) is 6.84. The Labute approximate surface area is 108 Å². The van der Waals surface area contributed by atoms with E-state index in [1.807, 2.05) is 18.7 Å². The van der Waals surface area contributed by atoms with Gasteiger partial charge in [0.15, 0.2) is 0 Å². The SMILES string of the molecule is CCc1cc(Cc2sc(C)nc2Br)n(C)n1. The van der Waals surface area contributed by atoms with Crippen LogP contribution in [0, 0.1) is 6.92 Å². The summed E-state index contributed by atoms with van der Waals surface area (Å²) in [6.07, 6.45) is 1.88. The highest BCUT2D eigenvalue weighted by atomic mass is 79.9. The molecule has 2 heterocycles. The number of aryl methyl sites for hydroxylation is 3. The molecule has 2 rings (SSSR count). The quantitative estimate of drug-likeness (QED) is 0.872. The summed E-state index contributed by atoms with van der Waals surface area (Å²) in [6, 6.07) is 2.17. The van der Waals surface area contributed by atoms with Crippen LogP contribution in [0.3, 0.4) is 0 Å². The maximum Gasteiger partial charge on any atom is 0.120 e. The molecule has 0 spiro atoms. The van der Waals surface area contributed by atoms with E-state index in [2.05, 4.69) is 39.0 Å². The Morgan fingerprint density at radius 3 is 2.75 bits per heavy atom. The van der Waals surface area contributed by atoms with Gasteiger partial charge >= 0.3 is 0 Å². The maximum absolute atomic E-state index is 4.45. The molecule has 3 nitrogen and oxygen atoms in total. The lowest BCUT2D eigenvalue weighted by Crippen LogP contribution is -1.98. The van der Waals surface area contributed by atoms with Crippen molar-refractivity contribution >= 4 is 27.3 Å². The summed E-state index contributed by atoms with van der Waals surface area (Å²) >= 11 is 5.23. The van der Waals surface area contributed by atoms with Crippen molar-refractivity contribution in [2.45, 2.75) is 26.7 Å². The lowest BCUT2D eigenvalue weighted by molar-refractivity contribution is 0.711. The van der Waals surface area contributed by atoms with Crippen LogP contribution in [-0.4, -0.2) is 14.8 Å². The van der Waals surface area contributed by atoms with E-state index in [-0.39, 0.29) is 0 Å². The van der Waals surface area contributed by atoms with Crippen LogP contribution in [0.5, 0.6) is 0 Å². The summed E-state index contributed by atoms with van der Waals surface area (Å²) in [5.41, 5.74) is 2.39. The summed E-state index contributed by atoms with van der Waals surface area (Å²) in [5.74, 6) is 0. The molecule has 86 valence electrons. The van der Waals surface area contributed by atoms with Crippen molar-refractivity contribution in [1.29, 1.82) is 0 Å². The third-order valence-corrected chi connectivity index (χ3v) is 4.38. The number of halogens is 1. The fraction of sp³-hybridized carbons (Fsp3) is 0.455. The monoisotopic (exact) mass is 299 g/mol. The van der Waals surface area contributed by atoms with Gasteiger partial charge in [0.05, 0.1) is 10.7 Å². The van der Waals surface area contributed by atoms with Gasteiger partial charge in [-0.1, -0.05) is 6.92 Å². The lowest BCUT2D eigenvalue weighted by Gasteiger charge is -1.98. The summed E-state index contributed by atoms with van der Waals surface area (Å²) < 4.78 is 2.93. The van der Waals surface area contributed by atoms with Crippen molar-refractivity contribution in [3.8, 4) is 0 Å². The second-order valence-corrected chi connectivity index (χ2v) is 5.77. The van der Waals surface area contributed by atoms with E-state index in [1.165, 1.54) is 10.6 Å². The fourth-order valence-electron chi connectivity index (χ4n) is 1.63. The van der Waals surface area contributed by atoms with Gasteiger partial charge in [-0.25, -0.2) is 4.98 Å². The first kappa shape index (κ1) is 11.8. The molecule has 0 aromatic carbocycles. The van der Waals surface area contributed by atoms with Crippen molar-refractivity contribution in [2.24, 2.45) is 7.05 Å². The molecule has 0 bridgehead atoms. The minimum atomic E-state index is 0.898. The summed E-state index contributed by atoms with van der Waals surface area (Å²) in [7, 11) is 2.00. The lowest BCUT2D eigenvalue weighted by atomic mass is 10.2. The van der Waals surface area contributed by atoms with Gasteiger partial charge in [0.2, 0.25) is 0 Å². The summed E-state index contributed by atoms with van der Waals surface area (Å²) in [4.78, 5) is 5.64.